The van der Waals surface area contributed by atoms with Gasteiger partial charge in [-0.05, 0) is 50.6 Å². The first-order valence-corrected chi connectivity index (χ1v) is 7.94. The Morgan fingerprint density at radius 1 is 1.12 bits per heavy atom. The molecule has 0 bridgehead atoms. The van der Waals surface area contributed by atoms with Gasteiger partial charge >= 0.3 is 0 Å². The Bertz CT molecular complexity index is 899. The zero-order valence-electron chi connectivity index (χ0n) is 14.3. The maximum absolute atomic E-state index is 12.4. The molecule has 0 radical (unpaired) electrons. The number of carbonyl (C=O) groups is 1. The van der Waals surface area contributed by atoms with Gasteiger partial charge in [0.25, 0.3) is 0 Å². The number of aromatic nitrogens is 1. The van der Waals surface area contributed by atoms with Crippen molar-refractivity contribution in [3.05, 3.63) is 53.4 Å². The Kier molecular flexibility index (Phi) is 4.25. The van der Waals surface area contributed by atoms with Gasteiger partial charge < -0.3 is 15.1 Å². The molecule has 1 amide bonds. The summed E-state index contributed by atoms with van der Waals surface area (Å²) in [7, 11) is 0. The van der Waals surface area contributed by atoms with Crippen molar-refractivity contribution in [1.82, 2.24) is 4.98 Å². The molecule has 5 nitrogen and oxygen atoms in total. The molecule has 2 aromatic carbocycles. The van der Waals surface area contributed by atoms with Gasteiger partial charge in [0.1, 0.15) is 11.6 Å². The van der Waals surface area contributed by atoms with E-state index in [1.54, 1.807) is 0 Å². The third kappa shape index (κ3) is 3.40. The third-order valence-corrected chi connectivity index (χ3v) is 3.91. The van der Waals surface area contributed by atoms with Crippen LogP contribution in [-0.4, -0.2) is 16.9 Å². The van der Waals surface area contributed by atoms with E-state index in [2.05, 4.69) is 21.7 Å². The first-order chi connectivity index (χ1) is 11.4. The maximum atomic E-state index is 12.4. The van der Waals surface area contributed by atoms with Crippen LogP contribution in [0.5, 0.6) is 0 Å². The lowest BCUT2D eigenvalue weighted by Crippen LogP contribution is -2.32. The topological polar surface area (TPSA) is 67.2 Å². The molecule has 124 valence electrons. The van der Waals surface area contributed by atoms with Gasteiger partial charge in [-0.25, -0.2) is 4.98 Å². The number of amides is 1. The number of anilines is 2. The molecule has 5 heteroatoms. The minimum absolute atomic E-state index is 0.0848. The van der Waals surface area contributed by atoms with Crippen LogP contribution in [0.3, 0.4) is 0 Å². The molecule has 0 fully saturated rings. The molecule has 2 N–H and O–H groups in total. The van der Waals surface area contributed by atoms with E-state index in [1.165, 1.54) is 5.56 Å². The molecule has 1 heterocycles. The Hall–Kier alpha value is -2.82. The van der Waals surface area contributed by atoms with Crippen molar-refractivity contribution in [2.75, 3.05) is 10.6 Å². The first-order valence-electron chi connectivity index (χ1n) is 7.94. The quantitative estimate of drug-likeness (QED) is 0.755. The van der Waals surface area contributed by atoms with Crippen LogP contribution in [0.2, 0.25) is 0 Å². The maximum Gasteiger partial charge on any atom is 0.246 e. The van der Waals surface area contributed by atoms with Crippen LogP contribution in [0.4, 0.5) is 11.4 Å². The van der Waals surface area contributed by atoms with Gasteiger partial charge in [0, 0.05) is 18.3 Å². The van der Waals surface area contributed by atoms with E-state index in [1.807, 2.05) is 58.0 Å². The minimum atomic E-state index is -0.379. The molecular formula is C19H21N3O2. The Morgan fingerprint density at radius 2 is 1.92 bits per heavy atom. The molecular weight excluding hydrogens is 302 g/mol. The van der Waals surface area contributed by atoms with Crippen molar-refractivity contribution < 1.29 is 9.21 Å². The average Bonchev–Trinajstić information content (AvgIpc) is 2.89. The Morgan fingerprint density at radius 3 is 2.67 bits per heavy atom. The summed E-state index contributed by atoms with van der Waals surface area (Å²) in [4.78, 5) is 16.7. The first kappa shape index (κ1) is 16.1. The van der Waals surface area contributed by atoms with Gasteiger partial charge in [-0.2, -0.15) is 0 Å². The number of fused-ring (bicyclic) bond motifs is 1. The lowest BCUT2D eigenvalue weighted by atomic mass is 10.1. The van der Waals surface area contributed by atoms with Crippen molar-refractivity contribution in [2.24, 2.45) is 0 Å². The predicted octanol–water partition coefficient (Wildman–Crippen LogP) is 4.19. The van der Waals surface area contributed by atoms with E-state index in [0.717, 1.165) is 28.0 Å². The van der Waals surface area contributed by atoms with Gasteiger partial charge in [-0.3, -0.25) is 4.79 Å². The zero-order chi connectivity index (χ0) is 17.3. The fourth-order valence-electron chi connectivity index (χ4n) is 2.64. The zero-order valence-corrected chi connectivity index (χ0v) is 14.3. The second-order valence-corrected chi connectivity index (χ2v) is 6.09. The fraction of sp³-hybridized carbons (Fsp3) is 0.263. The number of carbonyl (C=O) groups excluding carboxylic acids is 1. The molecule has 1 atom stereocenters. The van der Waals surface area contributed by atoms with Crippen molar-refractivity contribution in [3.63, 3.8) is 0 Å². The number of hydrogen-bond donors (Lipinski definition) is 2. The third-order valence-electron chi connectivity index (χ3n) is 3.91. The fourth-order valence-corrected chi connectivity index (χ4v) is 2.64. The largest absolute Gasteiger partial charge is 0.441 e. The molecule has 3 rings (SSSR count). The smallest absolute Gasteiger partial charge is 0.246 e. The molecule has 0 aliphatic carbocycles. The van der Waals surface area contributed by atoms with Gasteiger partial charge in [0.2, 0.25) is 5.91 Å². The highest BCUT2D eigenvalue weighted by Gasteiger charge is 2.14. The lowest BCUT2D eigenvalue weighted by Gasteiger charge is -2.16. The number of hydrogen-bond acceptors (Lipinski definition) is 4. The van der Waals surface area contributed by atoms with Crippen LogP contribution >= 0.6 is 0 Å². The van der Waals surface area contributed by atoms with E-state index < -0.39 is 0 Å². The van der Waals surface area contributed by atoms with Crippen molar-refractivity contribution in [2.45, 2.75) is 33.7 Å². The molecule has 0 spiro atoms. The average molecular weight is 323 g/mol. The van der Waals surface area contributed by atoms with E-state index in [4.69, 9.17) is 4.42 Å². The summed E-state index contributed by atoms with van der Waals surface area (Å²) in [5.74, 6) is 0.543. The van der Waals surface area contributed by atoms with Crippen LogP contribution in [0.25, 0.3) is 11.1 Å². The highest BCUT2D eigenvalue weighted by molar-refractivity contribution is 5.97. The number of aryl methyl sites for hydroxylation is 3. The monoisotopic (exact) mass is 323 g/mol. The molecule has 3 aromatic rings. The molecule has 0 saturated heterocycles. The summed E-state index contributed by atoms with van der Waals surface area (Å²) in [6, 6.07) is 11.2. The standard InChI is InChI=1S/C19H21N3O2/c1-11-5-7-16(12(2)9-11)22-19(23)13(3)20-15-6-8-18-17(10-15)21-14(4)24-18/h5-10,13,20H,1-4H3,(H,22,23). The second kappa shape index (κ2) is 6.35. The van der Waals surface area contributed by atoms with E-state index >= 15 is 0 Å². The molecule has 0 aliphatic heterocycles. The molecule has 0 saturated carbocycles. The highest BCUT2D eigenvalue weighted by Crippen LogP contribution is 2.21. The summed E-state index contributed by atoms with van der Waals surface area (Å²) in [6.07, 6.45) is 0. The van der Waals surface area contributed by atoms with E-state index in [9.17, 15) is 4.79 Å². The Labute approximate surface area is 141 Å². The lowest BCUT2D eigenvalue weighted by molar-refractivity contribution is -0.116. The Balaban J connectivity index is 1.70. The minimum Gasteiger partial charge on any atom is -0.441 e. The molecule has 1 unspecified atom stereocenters. The van der Waals surface area contributed by atoms with Crippen LogP contribution < -0.4 is 10.6 Å². The summed E-state index contributed by atoms with van der Waals surface area (Å²) >= 11 is 0. The van der Waals surface area contributed by atoms with Crippen molar-refractivity contribution >= 4 is 28.4 Å². The van der Waals surface area contributed by atoms with E-state index in [0.29, 0.717) is 5.89 Å². The highest BCUT2D eigenvalue weighted by atomic mass is 16.3. The van der Waals surface area contributed by atoms with Crippen molar-refractivity contribution in [1.29, 1.82) is 0 Å². The number of oxazole rings is 1. The predicted molar refractivity (Wildman–Crippen MR) is 96.4 cm³/mol. The van der Waals surface area contributed by atoms with Gasteiger partial charge in [-0.15, -0.1) is 0 Å². The van der Waals surface area contributed by atoms with Crippen LogP contribution in [0, 0.1) is 20.8 Å². The molecule has 24 heavy (non-hydrogen) atoms. The van der Waals surface area contributed by atoms with Gasteiger partial charge in [-0.1, -0.05) is 17.7 Å². The summed E-state index contributed by atoms with van der Waals surface area (Å²) in [5, 5.41) is 6.16. The number of nitrogens with zero attached hydrogens (tertiary/aromatic N) is 1. The van der Waals surface area contributed by atoms with Gasteiger partial charge in [0.05, 0.1) is 0 Å². The number of nitrogens with one attached hydrogen (secondary N) is 2. The summed E-state index contributed by atoms with van der Waals surface area (Å²) in [6.45, 7) is 7.66. The number of benzene rings is 2. The second-order valence-electron chi connectivity index (χ2n) is 6.09. The SMILES string of the molecule is Cc1ccc(NC(=O)C(C)Nc2ccc3oc(C)nc3c2)c(C)c1. The van der Waals surface area contributed by atoms with Crippen molar-refractivity contribution in [3.8, 4) is 0 Å². The van der Waals surface area contributed by atoms with Crippen LogP contribution in [0.15, 0.2) is 40.8 Å². The molecule has 0 aliphatic rings. The van der Waals surface area contributed by atoms with Crippen LogP contribution in [-0.2, 0) is 4.79 Å². The van der Waals surface area contributed by atoms with E-state index in [-0.39, 0.29) is 11.9 Å². The van der Waals surface area contributed by atoms with Crippen LogP contribution in [0.1, 0.15) is 23.9 Å². The summed E-state index contributed by atoms with van der Waals surface area (Å²) < 4.78 is 5.46. The van der Waals surface area contributed by atoms with Gasteiger partial charge in [0.15, 0.2) is 11.5 Å². The summed E-state index contributed by atoms with van der Waals surface area (Å²) in [5.41, 5.74) is 5.41. The normalized spacial score (nSPS) is 12.2. The number of rotatable bonds is 4. The molecule has 1 aromatic heterocycles.